The summed E-state index contributed by atoms with van der Waals surface area (Å²) in [5, 5.41) is 9.79. The Kier molecular flexibility index (Phi) is 1.39. The van der Waals surface area contributed by atoms with Crippen LogP contribution >= 0.6 is 0 Å². The van der Waals surface area contributed by atoms with Gasteiger partial charge < -0.3 is 5.11 Å². The van der Waals surface area contributed by atoms with E-state index in [2.05, 4.69) is 36.4 Å². The van der Waals surface area contributed by atoms with Crippen LogP contribution < -0.4 is 0 Å². The SMILES string of the molecule is O[C@@H]1C[C@H]2C=C[C@@H]1c1ccccc12. The lowest BCUT2D eigenvalue weighted by Gasteiger charge is -2.37. The molecule has 1 heteroatoms. The van der Waals surface area contributed by atoms with Crippen LogP contribution in [-0.4, -0.2) is 11.2 Å². The van der Waals surface area contributed by atoms with Crippen LogP contribution in [0.4, 0.5) is 0 Å². The van der Waals surface area contributed by atoms with Gasteiger partial charge in [-0.3, -0.25) is 0 Å². The minimum atomic E-state index is -0.162. The van der Waals surface area contributed by atoms with Gasteiger partial charge in [0.2, 0.25) is 0 Å². The highest BCUT2D eigenvalue weighted by atomic mass is 16.3. The number of hydrogen-bond acceptors (Lipinski definition) is 1. The molecule has 0 radical (unpaired) electrons. The molecule has 0 amide bonds. The Morgan fingerprint density at radius 2 is 1.85 bits per heavy atom. The first-order chi connectivity index (χ1) is 6.36. The number of fused-ring (bicyclic) bond motifs is 1. The molecule has 1 aromatic carbocycles. The first kappa shape index (κ1) is 7.34. The molecule has 3 aliphatic rings. The van der Waals surface area contributed by atoms with E-state index in [0.717, 1.165) is 6.42 Å². The van der Waals surface area contributed by atoms with Gasteiger partial charge in [-0.05, 0) is 17.5 Å². The average molecular weight is 172 g/mol. The van der Waals surface area contributed by atoms with E-state index in [1.807, 2.05) is 0 Å². The standard InChI is InChI=1S/C12H12O/c13-12-7-8-5-6-11(12)10-4-2-1-3-9(8)10/h1-6,8,11-13H,7H2/t8-,11-,12-/m1/s1. The first-order valence-electron chi connectivity index (χ1n) is 4.81. The van der Waals surface area contributed by atoms with E-state index in [4.69, 9.17) is 0 Å². The number of allylic oxidation sites excluding steroid dienone is 1. The van der Waals surface area contributed by atoms with Gasteiger partial charge in [-0.1, -0.05) is 36.4 Å². The van der Waals surface area contributed by atoms with Crippen molar-refractivity contribution in [1.82, 2.24) is 0 Å². The Labute approximate surface area is 77.7 Å². The molecule has 0 heterocycles. The molecule has 0 aliphatic heterocycles. The summed E-state index contributed by atoms with van der Waals surface area (Å²) in [4.78, 5) is 0. The lowest BCUT2D eigenvalue weighted by atomic mass is 9.70. The van der Waals surface area contributed by atoms with Crippen molar-refractivity contribution in [3.63, 3.8) is 0 Å². The number of hydrogen-bond donors (Lipinski definition) is 1. The van der Waals surface area contributed by atoms with Gasteiger partial charge in [0, 0.05) is 11.8 Å². The fourth-order valence-corrected chi connectivity index (χ4v) is 2.56. The van der Waals surface area contributed by atoms with Crippen LogP contribution in [-0.2, 0) is 0 Å². The van der Waals surface area contributed by atoms with Crippen LogP contribution in [0.5, 0.6) is 0 Å². The number of aliphatic hydroxyl groups excluding tert-OH is 1. The summed E-state index contributed by atoms with van der Waals surface area (Å²) in [5.41, 5.74) is 2.74. The van der Waals surface area contributed by atoms with Gasteiger partial charge in [0.25, 0.3) is 0 Å². The van der Waals surface area contributed by atoms with E-state index in [0.29, 0.717) is 5.92 Å². The summed E-state index contributed by atoms with van der Waals surface area (Å²) in [6, 6.07) is 8.46. The van der Waals surface area contributed by atoms with Crippen LogP contribution in [0, 0.1) is 0 Å². The molecule has 0 saturated heterocycles. The Morgan fingerprint density at radius 1 is 1.08 bits per heavy atom. The summed E-state index contributed by atoms with van der Waals surface area (Å²) in [7, 11) is 0. The maximum atomic E-state index is 9.79. The molecule has 2 bridgehead atoms. The molecule has 3 atom stereocenters. The first-order valence-corrected chi connectivity index (χ1v) is 4.81. The van der Waals surface area contributed by atoms with Crippen molar-refractivity contribution in [2.24, 2.45) is 0 Å². The van der Waals surface area contributed by atoms with Crippen molar-refractivity contribution in [3.05, 3.63) is 47.5 Å². The molecule has 4 rings (SSSR count). The highest BCUT2D eigenvalue weighted by molar-refractivity contribution is 5.45. The summed E-state index contributed by atoms with van der Waals surface area (Å²) in [6.45, 7) is 0. The van der Waals surface area contributed by atoms with Gasteiger partial charge in [-0.2, -0.15) is 0 Å². The number of benzene rings is 1. The Bertz CT molecular complexity index is 367. The maximum absolute atomic E-state index is 9.79. The van der Waals surface area contributed by atoms with Crippen molar-refractivity contribution in [3.8, 4) is 0 Å². The second-order valence-electron chi connectivity index (χ2n) is 3.95. The third-order valence-electron chi connectivity index (χ3n) is 3.22. The largest absolute Gasteiger partial charge is 0.392 e. The number of rotatable bonds is 0. The monoisotopic (exact) mass is 172 g/mol. The van der Waals surface area contributed by atoms with Gasteiger partial charge in [0.05, 0.1) is 6.10 Å². The predicted molar refractivity (Wildman–Crippen MR) is 51.7 cm³/mol. The Hall–Kier alpha value is -1.08. The smallest absolute Gasteiger partial charge is 0.0652 e. The fraction of sp³-hybridized carbons (Fsp3) is 0.333. The zero-order valence-electron chi connectivity index (χ0n) is 7.35. The molecule has 0 unspecified atom stereocenters. The van der Waals surface area contributed by atoms with E-state index in [-0.39, 0.29) is 12.0 Å². The van der Waals surface area contributed by atoms with Crippen LogP contribution in [0.25, 0.3) is 0 Å². The molecular weight excluding hydrogens is 160 g/mol. The maximum Gasteiger partial charge on any atom is 0.0652 e. The zero-order chi connectivity index (χ0) is 8.84. The fourth-order valence-electron chi connectivity index (χ4n) is 2.56. The summed E-state index contributed by atoms with van der Waals surface area (Å²) < 4.78 is 0. The van der Waals surface area contributed by atoms with E-state index in [1.165, 1.54) is 11.1 Å². The summed E-state index contributed by atoms with van der Waals surface area (Å²) in [6.07, 6.45) is 5.13. The van der Waals surface area contributed by atoms with E-state index < -0.39 is 0 Å². The normalized spacial score (nSPS) is 34.7. The highest BCUT2D eigenvalue weighted by Gasteiger charge is 2.34. The molecule has 0 aromatic heterocycles. The summed E-state index contributed by atoms with van der Waals surface area (Å²) in [5.74, 6) is 0.706. The molecule has 13 heavy (non-hydrogen) atoms. The zero-order valence-corrected chi connectivity index (χ0v) is 7.35. The van der Waals surface area contributed by atoms with E-state index in [1.54, 1.807) is 0 Å². The van der Waals surface area contributed by atoms with Crippen molar-refractivity contribution < 1.29 is 5.11 Å². The lowest BCUT2D eigenvalue weighted by molar-refractivity contribution is 0.130. The second kappa shape index (κ2) is 2.46. The third kappa shape index (κ3) is 0.909. The molecule has 0 spiro atoms. The van der Waals surface area contributed by atoms with Crippen LogP contribution in [0.2, 0.25) is 0 Å². The number of aliphatic hydroxyl groups is 1. The van der Waals surface area contributed by atoms with Gasteiger partial charge in [0.15, 0.2) is 0 Å². The van der Waals surface area contributed by atoms with Crippen LogP contribution in [0.1, 0.15) is 29.4 Å². The molecule has 3 aliphatic carbocycles. The predicted octanol–water partition coefficient (Wildman–Crippen LogP) is 2.19. The second-order valence-corrected chi connectivity index (χ2v) is 3.95. The minimum absolute atomic E-state index is 0.162. The Balaban J connectivity index is 2.21. The van der Waals surface area contributed by atoms with Gasteiger partial charge in [-0.15, -0.1) is 0 Å². The van der Waals surface area contributed by atoms with Crippen LogP contribution in [0.3, 0.4) is 0 Å². The lowest BCUT2D eigenvalue weighted by Crippen LogP contribution is -2.29. The molecule has 1 aromatic rings. The van der Waals surface area contributed by atoms with Gasteiger partial charge in [-0.25, -0.2) is 0 Å². The highest BCUT2D eigenvalue weighted by Crippen LogP contribution is 2.44. The topological polar surface area (TPSA) is 20.2 Å². The molecule has 0 saturated carbocycles. The van der Waals surface area contributed by atoms with E-state index >= 15 is 0 Å². The summed E-state index contributed by atoms with van der Waals surface area (Å²) >= 11 is 0. The van der Waals surface area contributed by atoms with Crippen molar-refractivity contribution >= 4 is 0 Å². The van der Waals surface area contributed by atoms with Crippen molar-refractivity contribution in [2.45, 2.75) is 24.4 Å². The molecule has 66 valence electrons. The third-order valence-corrected chi connectivity index (χ3v) is 3.22. The molecule has 1 nitrogen and oxygen atoms in total. The Morgan fingerprint density at radius 3 is 2.62 bits per heavy atom. The van der Waals surface area contributed by atoms with Crippen LogP contribution in [0.15, 0.2) is 36.4 Å². The minimum Gasteiger partial charge on any atom is -0.392 e. The van der Waals surface area contributed by atoms with Crippen molar-refractivity contribution in [1.29, 1.82) is 0 Å². The van der Waals surface area contributed by atoms with E-state index in [9.17, 15) is 5.11 Å². The van der Waals surface area contributed by atoms with Gasteiger partial charge >= 0.3 is 0 Å². The average Bonchev–Trinajstić information content (AvgIpc) is 2.19. The quantitative estimate of drug-likeness (QED) is 0.595. The molecular formula is C12H12O. The van der Waals surface area contributed by atoms with Crippen molar-refractivity contribution in [2.75, 3.05) is 0 Å². The molecule has 1 N–H and O–H groups in total. The van der Waals surface area contributed by atoms with Gasteiger partial charge in [0.1, 0.15) is 0 Å². The molecule has 0 fully saturated rings.